The Labute approximate surface area is 207 Å². The number of nitrogens with zero attached hydrogens (tertiary/aromatic N) is 2. The number of carbonyl (C=O) groups is 2. The van der Waals surface area contributed by atoms with Crippen molar-refractivity contribution in [3.8, 4) is 0 Å². The van der Waals surface area contributed by atoms with E-state index in [0.29, 0.717) is 17.5 Å². The largest absolute Gasteiger partial charge is 0.355 e. The Morgan fingerprint density at radius 1 is 1.15 bits per heavy atom. The summed E-state index contributed by atoms with van der Waals surface area (Å²) in [6, 6.07) is 16.6. The van der Waals surface area contributed by atoms with Gasteiger partial charge in [0, 0.05) is 24.0 Å². The second kappa shape index (κ2) is 11.7. The number of rotatable bonds is 8. The topological polar surface area (TPSA) is 52.7 Å². The normalized spacial score (nSPS) is 19.8. The molecular weight excluding hydrogens is 442 g/mol. The van der Waals surface area contributed by atoms with Crippen LogP contribution in [0.2, 0.25) is 0 Å². The van der Waals surface area contributed by atoms with Crippen molar-refractivity contribution in [2.75, 3.05) is 31.1 Å². The van der Waals surface area contributed by atoms with Gasteiger partial charge in [-0.2, -0.15) is 0 Å². The molecular formula is C28H35N3O2S. The lowest BCUT2D eigenvalue weighted by atomic mass is 10.00. The Morgan fingerprint density at radius 3 is 2.74 bits per heavy atom. The predicted molar refractivity (Wildman–Crippen MR) is 141 cm³/mol. The number of benzene rings is 2. The standard InChI is InChI=1S/C28H35N3O2S/c1-3-23-9-6-7-17-30(23)18-8-16-29-27(32)20-31-24-10-4-5-11-25(24)34-26(28(31)33)19-22-14-12-21(2)13-15-22/h4-5,10-15,19,23H,3,6-9,16-18,20H2,1-2H3,(H,29,32)/b26-19+/t23-/m0/s1. The molecule has 1 fully saturated rings. The number of thioether (sulfide) groups is 1. The van der Waals surface area contributed by atoms with E-state index in [9.17, 15) is 9.59 Å². The van der Waals surface area contributed by atoms with Crippen molar-refractivity contribution in [1.29, 1.82) is 0 Å². The highest BCUT2D eigenvalue weighted by Crippen LogP contribution is 2.41. The van der Waals surface area contributed by atoms with Crippen molar-refractivity contribution in [3.05, 3.63) is 64.6 Å². The quantitative estimate of drug-likeness (QED) is 0.417. The zero-order valence-electron chi connectivity index (χ0n) is 20.3. The van der Waals surface area contributed by atoms with Crippen LogP contribution in [0.25, 0.3) is 6.08 Å². The second-order valence-electron chi connectivity index (χ2n) is 9.18. The van der Waals surface area contributed by atoms with E-state index in [1.807, 2.05) is 61.5 Å². The number of piperidine rings is 1. The molecule has 2 aliphatic rings. The van der Waals surface area contributed by atoms with Gasteiger partial charge >= 0.3 is 0 Å². The molecule has 34 heavy (non-hydrogen) atoms. The van der Waals surface area contributed by atoms with Gasteiger partial charge in [0.1, 0.15) is 6.54 Å². The van der Waals surface area contributed by atoms with Crippen molar-refractivity contribution in [1.82, 2.24) is 10.2 Å². The molecule has 0 unspecified atom stereocenters. The van der Waals surface area contributed by atoms with Crippen LogP contribution < -0.4 is 10.2 Å². The van der Waals surface area contributed by atoms with Crippen LogP contribution in [0, 0.1) is 6.92 Å². The van der Waals surface area contributed by atoms with Crippen LogP contribution >= 0.6 is 11.8 Å². The maximum Gasteiger partial charge on any atom is 0.265 e. The predicted octanol–water partition coefficient (Wildman–Crippen LogP) is 5.25. The highest BCUT2D eigenvalue weighted by molar-refractivity contribution is 8.04. The van der Waals surface area contributed by atoms with Crippen molar-refractivity contribution >= 4 is 35.3 Å². The molecule has 2 heterocycles. The minimum atomic E-state index is -0.126. The lowest BCUT2D eigenvalue weighted by molar-refractivity contribution is -0.122. The van der Waals surface area contributed by atoms with E-state index in [1.165, 1.54) is 49.6 Å². The maximum atomic E-state index is 13.4. The third-order valence-corrected chi connectivity index (χ3v) is 7.75. The summed E-state index contributed by atoms with van der Waals surface area (Å²) in [5, 5.41) is 3.04. The Balaban J connectivity index is 1.38. The number of aryl methyl sites for hydroxylation is 1. The van der Waals surface area contributed by atoms with Crippen LogP contribution in [0.5, 0.6) is 0 Å². The van der Waals surface area contributed by atoms with Gasteiger partial charge in [-0.15, -0.1) is 0 Å². The number of hydrogen-bond acceptors (Lipinski definition) is 4. The zero-order valence-corrected chi connectivity index (χ0v) is 21.1. The summed E-state index contributed by atoms with van der Waals surface area (Å²) < 4.78 is 0. The van der Waals surface area contributed by atoms with Gasteiger partial charge in [0.05, 0.1) is 10.6 Å². The molecule has 1 saturated heterocycles. The van der Waals surface area contributed by atoms with E-state index in [-0.39, 0.29) is 18.4 Å². The summed E-state index contributed by atoms with van der Waals surface area (Å²) in [5.74, 6) is -0.242. The Hall–Kier alpha value is -2.57. The average molecular weight is 478 g/mol. The molecule has 4 rings (SSSR count). The van der Waals surface area contributed by atoms with Crippen LogP contribution in [0.15, 0.2) is 58.3 Å². The molecule has 0 bridgehead atoms. The van der Waals surface area contributed by atoms with Crippen molar-refractivity contribution in [2.45, 2.75) is 56.9 Å². The third kappa shape index (κ3) is 6.10. The maximum absolute atomic E-state index is 13.4. The van der Waals surface area contributed by atoms with Crippen molar-refractivity contribution < 1.29 is 9.59 Å². The highest BCUT2D eigenvalue weighted by Gasteiger charge is 2.30. The number of fused-ring (bicyclic) bond motifs is 1. The Kier molecular flexibility index (Phi) is 8.46. The van der Waals surface area contributed by atoms with E-state index in [4.69, 9.17) is 0 Å². The van der Waals surface area contributed by atoms with Crippen LogP contribution in [0.3, 0.4) is 0 Å². The summed E-state index contributed by atoms with van der Waals surface area (Å²) in [7, 11) is 0. The number of anilines is 1. The minimum Gasteiger partial charge on any atom is -0.355 e. The molecule has 0 spiro atoms. The van der Waals surface area contributed by atoms with E-state index in [2.05, 4.69) is 17.1 Å². The molecule has 1 atom stereocenters. The molecule has 2 amide bonds. The smallest absolute Gasteiger partial charge is 0.265 e. The summed E-state index contributed by atoms with van der Waals surface area (Å²) in [4.78, 5) is 31.9. The molecule has 2 aromatic rings. The molecule has 6 heteroatoms. The first kappa shape index (κ1) is 24.6. The first-order valence-electron chi connectivity index (χ1n) is 12.4. The SMILES string of the molecule is CC[C@H]1CCCCN1CCCNC(=O)CN1C(=O)/C(=C\c2ccc(C)cc2)Sc2ccccc21. The van der Waals surface area contributed by atoms with Crippen LogP contribution in [-0.4, -0.2) is 48.9 Å². The van der Waals surface area contributed by atoms with E-state index >= 15 is 0 Å². The molecule has 0 saturated carbocycles. The molecule has 0 aromatic heterocycles. The Bertz CT molecular complexity index is 1030. The summed E-state index contributed by atoms with van der Waals surface area (Å²) >= 11 is 1.47. The van der Waals surface area contributed by atoms with E-state index < -0.39 is 0 Å². The van der Waals surface area contributed by atoms with Crippen LogP contribution in [0.1, 0.15) is 50.2 Å². The van der Waals surface area contributed by atoms with Gasteiger partial charge in [0.15, 0.2) is 0 Å². The molecule has 2 aromatic carbocycles. The van der Waals surface area contributed by atoms with Crippen LogP contribution in [-0.2, 0) is 9.59 Å². The minimum absolute atomic E-state index is 0.0307. The molecule has 2 aliphatic heterocycles. The second-order valence-corrected chi connectivity index (χ2v) is 10.3. The van der Waals surface area contributed by atoms with Gasteiger partial charge in [-0.05, 0) is 62.9 Å². The van der Waals surface area contributed by atoms with Gasteiger partial charge in [0.2, 0.25) is 5.91 Å². The fourth-order valence-electron chi connectivity index (χ4n) is 4.76. The first-order valence-corrected chi connectivity index (χ1v) is 13.2. The van der Waals surface area contributed by atoms with Gasteiger partial charge in [-0.1, -0.05) is 67.1 Å². The van der Waals surface area contributed by atoms with E-state index in [1.54, 1.807) is 4.90 Å². The van der Waals surface area contributed by atoms with Gasteiger partial charge in [-0.25, -0.2) is 0 Å². The van der Waals surface area contributed by atoms with Crippen molar-refractivity contribution in [2.24, 2.45) is 0 Å². The fraction of sp³-hybridized carbons (Fsp3) is 0.429. The number of likely N-dealkylation sites (tertiary alicyclic amines) is 1. The monoisotopic (exact) mass is 477 g/mol. The van der Waals surface area contributed by atoms with Crippen molar-refractivity contribution in [3.63, 3.8) is 0 Å². The number of nitrogens with one attached hydrogen (secondary N) is 1. The summed E-state index contributed by atoms with van der Waals surface area (Å²) in [6.07, 6.45) is 7.93. The van der Waals surface area contributed by atoms with Crippen LogP contribution in [0.4, 0.5) is 5.69 Å². The third-order valence-electron chi connectivity index (χ3n) is 6.67. The molecule has 1 N–H and O–H groups in total. The van der Waals surface area contributed by atoms with E-state index in [0.717, 1.165) is 29.1 Å². The first-order chi connectivity index (χ1) is 16.5. The number of amides is 2. The van der Waals surface area contributed by atoms with Gasteiger partial charge in [0.25, 0.3) is 5.91 Å². The summed E-state index contributed by atoms with van der Waals surface area (Å²) in [5.41, 5.74) is 2.96. The summed E-state index contributed by atoms with van der Waals surface area (Å²) in [6.45, 7) is 7.16. The number of para-hydroxylation sites is 1. The molecule has 5 nitrogen and oxygen atoms in total. The average Bonchev–Trinajstić information content (AvgIpc) is 2.86. The lowest BCUT2D eigenvalue weighted by Crippen LogP contribution is -2.44. The zero-order chi connectivity index (χ0) is 23.9. The lowest BCUT2D eigenvalue weighted by Gasteiger charge is -2.35. The molecule has 0 aliphatic carbocycles. The highest BCUT2D eigenvalue weighted by atomic mass is 32.2. The van der Waals surface area contributed by atoms with Gasteiger partial charge < -0.3 is 10.2 Å². The fourth-order valence-corrected chi connectivity index (χ4v) is 5.82. The molecule has 0 radical (unpaired) electrons. The van der Waals surface area contributed by atoms with Gasteiger partial charge in [-0.3, -0.25) is 14.5 Å². The molecule has 180 valence electrons. The Morgan fingerprint density at radius 2 is 1.94 bits per heavy atom. The number of hydrogen-bond donors (Lipinski definition) is 1. The number of carbonyl (C=O) groups excluding carboxylic acids is 2.